The maximum absolute atomic E-state index is 12.0. The molecule has 2 aromatic carbocycles. The Labute approximate surface area is 172 Å². The van der Waals surface area contributed by atoms with Crippen molar-refractivity contribution >= 4 is 22.3 Å². The van der Waals surface area contributed by atoms with Crippen molar-refractivity contribution in [3.63, 3.8) is 0 Å². The number of nitro benzene ring substituents is 1. The molecule has 0 spiro atoms. The Balaban J connectivity index is 1.65. The Bertz CT molecular complexity index is 1110. The molecule has 0 bridgehead atoms. The number of methoxy groups -OCH3 is 1. The van der Waals surface area contributed by atoms with E-state index in [-0.39, 0.29) is 17.1 Å². The molecule has 4 rings (SSSR count). The molecule has 1 saturated heterocycles. The van der Waals surface area contributed by atoms with Crippen LogP contribution in [0.4, 0.5) is 11.4 Å². The average Bonchev–Trinajstić information content (AvgIpc) is 3.28. The van der Waals surface area contributed by atoms with Gasteiger partial charge in [-0.25, -0.2) is 4.98 Å². The van der Waals surface area contributed by atoms with Crippen LogP contribution in [0.25, 0.3) is 10.9 Å². The van der Waals surface area contributed by atoms with Gasteiger partial charge in [-0.05, 0) is 49.7 Å². The average molecular weight is 409 g/mol. The van der Waals surface area contributed by atoms with Crippen molar-refractivity contribution in [3.05, 3.63) is 68.8 Å². The number of rotatable bonds is 7. The van der Waals surface area contributed by atoms with Gasteiger partial charge in [0.25, 0.3) is 11.2 Å². The number of nitrogens with one attached hydrogen (secondary N) is 2. The van der Waals surface area contributed by atoms with Gasteiger partial charge in [0.05, 0.1) is 35.3 Å². The van der Waals surface area contributed by atoms with E-state index in [9.17, 15) is 14.9 Å². The lowest BCUT2D eigenvalue weighted by atomic mass is 10.0. The molecule has 1 fully saturated rings. The number of fused-ring (bicyclic) bond motifs is 1. The molecule has 9 heteroatoms. The Hall–Kier alpha value is -3.46. The van der Waals surface area contributed by atoms with Gasteiger partial charge in [0.15, 0.2) is 0 Å². The van der Waals surface area contributed by atoms with Crippen molar-refractivity contribution in [1.29, 1.82) is 0 Å². The quantitative estimate of drug-likeness (QED) is 0.455. The normalized spacial score (nSPS) is 15.2. The van der Waals surface area contributed by atoms with Crippen molar-refractivity contribution in [1.82, 2.24) is 14.9 Å². The van der Waals surface area contributed by atoms with Gasteiger partial charge in [0, 0.05) is 12.6 Å². The molecule has 1 unspecified atom stereocenters. The van der Waals surface area contributed by atoms with Crippen molar-refractivity contribution in [2.24, 2.45) is 0 Å². The van der Waals surface area contributed by atoms with Gasteiger partial charge in [-0.1, -0.05) is 12.1 Å². The minimum atomic E-state index is -0.480. The maximum Gasteiger partial charge on any atom is 0.293 e. The summed E-state index contributed by atoms with van der Waals surface area (Å²) in [6.07, 6.45) is 3.57. The number of anilines is 1. The van der Waals surface area contributed by atoms with Crippen LogP contribution in [0.5, 0.6) is 5.75 Å². The van der Waals surface area contributed by atoms with Crippen LogP contribution in [0.2, 0.25) is 0 Å². The van der Waals surface area contributed by atoms with E-state index in [2.05, 4.69) is 20.2 Å². The number of ether oxygens (including phenoxy) is 1. The molecule has 1 aromatic heterocycles. The molecule has 9 nitrogen and oxygen atoms in total. The van der Waals surface area contributed by atoms with Gasteiger partial charge < -0.3 is 15.0 Å². The summed E-state index contributed by atoms with van der Waals surface area (Å²) in [5.74, 6) is 0.786. The number of nitro groups is 1. The highest BCUT2D eigenvalue weighted by Crippen LogP contribution is 2.31. The molecule has 30 heavy (non-hydrogen) atoms. The van der Waals surface area contributed by atoms with Gasteiger partial charge in [0.2, 0.25) is 0 Å². The number of aromatic amines is 1. The molecule has 0 saturated carbocycles. The lowest BCUT2D eigenvalue weighted by Gasteiger charge is -2.28. The molecule has 1 aliphatic heterocycles. The van der Waals surface area contributed by atoms with Gasteiger partial charge in [0.1, 0.15) is 11.4 Å². The van der Waals surface area contributed by atoms with Crippen LogP contribution in [-0.4, -0.2) is 46.5 Å². The van der Waals surface area contributed by atoms with Crippen LogP contribution in [-0.2, 0) is 0 Å². The smallest absolute Gasteiger partial charge is 0.293 e. The number of aromatic nitrogens is 2. The lowest BCUT2D eigenvalue weighted by Crippen LogP contribution is -2.31. The summed E-state index contributed by atoms with van der Waals surface area (Å²) in [5, 5.41) is 15.1. The van der Waals surface area contributed by atoms with E-state index in [1.54, 1.807) is 13.2 Å². The van der Waals surface area contributed by atoms with Gasteiger partial charge >= 0.3 is 0 Å². The predicted octanol–water partition coefficient (Wildman–Crippen LogP) is 3.09. The van der Waals surface area contributed by atoms with E-state index in [0.717, 1.165) is 37.2 Å². The highest BCUT2D eigenvalue weighted by atomic mass is 16.6. The molecule has 0 amide bonds. The fourth-order valence-corrected chi connectivity index (χ4v) is 3.94. The highest BCUT2D eigenvalue weighted by molar-refractivity contribution is 5.86. The predicted molar refractivity (Wildman–Crippen MR) is 114 cm³/mol. The topological polar surface area (TPSA) is 113 Å². The molecule has 2 N–H and O–H groups in total. The summed E-state index contributed by atoms with van der Waals surface area (Å²) in [6, 6.07) is 10.8. The van der Waals surface area contributed by atoms with Gasteiger partial charge in [-0.15, -0.1) is 0 Å². The summed E-state index contributed by atoms with van der Waals surface area (Å²) in [6.45, 7) is 2.45. The summed E-state index contributed by atoms with van der Waals surface area (Å²) in [5.41, 5.74) is 1.33. The van der Waals surface area contributed by atoms with Crippen molar-refractivity contribution in [3.8, 4) is 5.75 Å². The molecular weight excluding hydrogens is 386 g/mol. The fourth-order valence-electron chi connectivity index (χ4n) is 3.94. The SMILES string of the molecule is COc1ccc(C(CNc2cc3nc[nH]c(=O)c3cc2[N+](=O)[O-])N2CCCC2)cc1. The zero-order chi connectivity index (χ0) is 21.1. The monoisotopic (exact) mass is 409 g/mol. The standard InChI is InChI=1S/C21H23N5O4/c1-30-15-6-4-14(5-7-15)20(25-8-2-3-9-25)12-22-18-11-17-16(10-19(18)26(28)29)21(27)24-13-23-17/h4-7,10-11,13,20,22H,2-3,8-9,12H2,1H3,(H,23,24,27). The first kappa shape index (κ1) is 19.8. The second kappa shape index (κ2) is 8.50. The first-order valence-corrected chi connectivity index (χ1v) is 9.84. The van der Waals surface area contributed by atoms with Crippen molar-refractivity contribution in [2.75, 3.05) is 32.1 Å². The minimum Gasteiger partial charge on any atom is -0.497 e. The first-order valence-electron chi connectivity index (χ1n) is 9.84. The second-order valence-electron chi connectivity index (χ2n) is 7.29. The maximum atomic E-state index is 12.0. The Kier molecular flexibility index (Phi) is 5.62. The van der Waals surface area contributed by atoms with Gasteiger partial charge in [-0.2, -0.15) is 0 Å². The summed E-state index contributed by atoms with van der Waals surface area (Å²) in [4.78, 5) is 32.1. The number of nitrogens with zero attached hydrogens (tertiary/aromatic N) is 3. The number of benzene rings is 2. The summed E-state index contributed by atoms with van der Waals surface area (Å²) < 4.78 is 5.26. The van der Waals surface area contributed by atoms with Crippen LogP contribution in [0, 0.1) is 10.1 Å². The molecule has 2 heterocycles. The summed E-state index contributed by atoms with van der Waals surface area (Å²) in [7, 11) is 1.63. The molecule has 1 atom stereocenters. The van der Waals surface area contributed by atoms with Crippen LogP contribution >= 0.6 is 0 Å². The number of H-pyrrole nitrogens is 1. The molecule has 0 aliphatic carbocycles. The van der Waals surface area contributed by atoms with E-state index in [0.29, 0.717) is 17.7 Å². The van der Waals surface area contributed by atoms with Crippen LogP contribution < -0.4 is 15.6 Å². The van der Waals surface area contributed by atoms with Crippen LogP contribution in [0.1, 0.15) is 24.4 Å². The molecular formula is C21H23N5O4. The Morgan fingerprint density at radius 3 is 2.67 bits per heavy atom. The molecule has 3 aromatic rings. The third kappa shape index (κ3) is 3.97. The van der Waals surface area contributed by atoms with Crippen LogP contribution in [0.15, 0.2) is 47.5 Å². The van der Waals surface area contributed by atoms with Gasteiger partial charge in [-0.3, -0.25) is 19.8 Å². The fraction of sp³-hybridized carbons (Fsp3) is 0.333. The largest absolute Gasteiger partial charge is 0.497 e. The summed E-state index contributed by atoms with van der Waals surface area (Å²) >= 11 is 0. The van der Waals surface area contributed by atoms with Crippen molar-refractivity contribution < 1.29 is 9.66 Å². The van der Waals surface area contributed by atoms with E-state index in [1.165, 1.54) is 12.4 Å². The lowest BCUT2D eigenvalue weighted by molar-refractivity contribution is -0.383. The first-order chi connectivity index (χ1) is 14.6. The van der Waals surface area contributed by atoms with E-state index < -0.39 is 10.5 Å². The number of hydrogen-bond donors (Lipinski definition) is 2. The van der Waals surface area contributed by atoms with E-state index in [4.69, 9.17) is 4.74 Å². The number of likely N-dealkylation sites (tertiary alicyclic amines) is 1. The minimum absolute atomic E-state index is 0.0563. The zero-order valence-corrected chi connectivity index (χ0v) is 16.6. The Morgan fingerprint density at radius 1 is 1.27 bits per heavy atom. The van der Waals surface area contributed by atoms with Crippen LogP contribution in [0.3, 0.4) is 0 Å². The third-order valence-electron chi connectivity index (χ3n) is 5.52. The van der Waals surface area contributed by atoms with Crippen molar-refractivity contribution in [2.45, 2.75) is 18.9 Å². The van der Waals surface area contributed by atoms with E-state index in [1.807, 2.05) is 24.3 Å². The third-order valence-corrected chi connectivity index (χ3v) is 5.52. The number of hydrogen-bond acceptors (Lipinski definition) is 7. The zero-order valence-electron chi connectivity index (χ0n) is 16.6. The van der Waals surface area contributed by atoms with E-state index >= 15 is 0 Å². The molecule has 1 aliphatic rings. The molecule has 156 valence electrons. The highest BCUT2D eigenvalue weighted by Gasteiger charge is 2.25. The Morgan fingerprint density at radius 2 is 2.00 bits per heavy atom. The molecule has 0 radical (unpaired) electrons. The second-order valence-corrected chi connectivity index (χ2v) is 7.29.